The van der Waals surface area contributed by atoms with Gasteiger partial charge >= 0.3 is 0 Å². The van der Waals surface area contributed by atoms with Gasteiger partial charge in [0.05, 0.1) is 0 Å². The van der Waals surface area contributed by atoms with E-state index in [1.807, 2.05) is 30.3 Å². The van der Waals surface area contributed by atoms with Crippen LogP contribution in [0.25, 0.3) is 11.1 Å². The molecule has 0 radical (unpaired) electrons. The van der Waals surface area contributed by atoms with Crippen molar-refractivity contribution in [3.05, 3.63) is 54.6 Å². The maximum atomic E-state index is 10.3. The molecule has 2 aliphatic rings. The van der Waals surface area contributed by atoms with E-state index in [1.54, 1.807) is 0 Å². The topological polar surface area (TPSA) is 41.5 Å². The second-order valence-electron chi connectivity index (χ2n) is 8.39. The zero-order chi connectivity index (χ0) is 18.6. The molecule has 0 heterocycles. The fourth-order valence-electron chi connectivity index (χ4n) is 5.01. The fourth-order valence-corrected chi connectivity index (χ4v) is 5.01. The molecule has 0 saturated heterocycles. The second kappa shape index (κ2) is 8.45. The third-order valence-electron chi connectivity index (χ3n) is 6.51. The highest BCUT2D eigenvalue weighted by Crippen LogP contribution is 2.49. The largest absolute Gasteiger partial charge is 0.491 e. The van der Waals surface area contributed by atoms with Gasteiger partial charge in [0.2, 0.25) is 0 Å². The number of hydrogen-bond donors (Lipinski definition) is 2. The number of hydrogen-bond acceptors (Lipinski definition) is 3. The van der Waals surface area contributed by atoms with Crippen molar-refractivity contribution in [1.82, 2.24) is 5.32 Å². The number of benzene rings is 2. The Labute approximate surface area is 162 Å². The van der Waals surface area contributed by atoms with Gasteiger partial charge in [-0.3, -0.25) is 0 Å². The summed E-state index contributed by atoms with van der Waals surface area (Å²) in [7, 11) is 0. The number of nitrogens with one attached hydrogen (secondary N) is 1. The smallest absolute Gasteiger partial charge is 0.119 e. The Bertz CT molecular complexity index is 715. The summed E-state index contributed by atoms with van der Waals surface area (Å²) in [6.45, 7) is 3.19. The molecule has 5 atom stereocenters. The Kier molecular flexibility index (Phi) is 5.80. The van der Waals surface area contributed by atoms with Gasteiger partial charge in [-0.05, 0) is 67.2 Å². The summed E-state index contributed by atoms with van der Waals surface area (Å²) < 4.78 is 5.78. The van der Waals surface area contributed by atoms with E-state index in [1.165, 1.54) is 36.8 Å². The number of aliphatic hydroxyl groups is 1. The van der Waals surface area contributed by atoms with Crippen LogP contribution in [0.3, 0.4) is 0 Å². The maximum Gasteiger partial charge on any atom is 0.119 e. The van der Waals surface area contributed by atoms with Crippen molar-refractivity contribution in [1.29, 1.82) is 0 Å². The van der Waals surface area contributed by atoms with Gasteiger partial charge in [0.25, 0.3) is 0 Å². The molecule has 144 valence electrons. The molecule has 2 aromatic rings. The van der Waals surface area contributed by atoms with Crippen LogP contribution >= 0.6 is 0 Å². The lowest BCUT2D eigenvalue weighted by atomic mass is 9.84. The molecule has 2 N–H and O–H groups in total. The van der Waals surface area contributed by atoms with Crippen LogP contribution in [-0.4, -0.2) is 30.4 Å². The van der Waals surface area contributed by atoms with Crippen LogP contribution in [-0.2, 0) is 0 Å². The molecular weight excluding hydrogens is 334 g/mol. The highest BCUT2D eigenvalue weighted by atomic mass is 16.5. The van der Waals surface area contributed by atoms with Gasteiger partial charge in [-0.2, -0.15) is 0 Å². The van der Waals surface area contributed by atoms with E-state index < -0.39 is 6.10 Å². The maximum absolute atomic E-state index is 10.3. The molecule has 4 rings (SSSR count). The van der Waals surface area contributed by atoms with Crippen LogP contribution in [0.4, 0.5) is 0 Å². The molecule has 3 nitrogen and oxygen atoms in total. The first-order chi connectivity index (χ1) is 13.2. The van der Waals surface area contributed by atoms with Gasteiger partial charge in [0, 0.05) is 12.6 Å². The first-order valence-electron chi connectivity index (χ1n) is 10.4. The van der Waals surface area contributed by atoms with E-state index in [-0.39, 0.29) is 0 Å². The van der Waals surface area contributed by atoms with E-state index >= 15 is 0 Å². The lowest BCUT2D eigenvalue weighted by Gasteiger charge is -2.29. The standard InChI is InChI=1S/C24H31NO2/c1-17(24-14-18-7-8-21(24)13-18)25-15-22(26)16-27-23-11-9-20(10-12-23)19-5-3-2-4-6-19/h2-6,9-12,17-18,21-22,24-26H,7-8,13-16H2,1H3/t17-,18-,21-,22+,24+/m0/s1. The molecule has 0 unspecified atom stereocenters. The van der Waals surface area contributed by atoms with Gasteiger partial charge < -0.3 is 15.2 Å². The molecule has 2 aromatic carbocycles. The molecule has 0 spiro atoms. The molecule has 0 aromatic heterocycles. The Morgan fingerprint density at radius 1 is 1.00 bits per heavy atom. The molecule has 2 aliphatic carbocycles. The SMILES string of the molecule is C[C@H](NC[C@@H](O)COc1ccc(-c2ccccc2)cc1)[C@H]1C[C@H]2CC[C@H]1C2. The minimum Gasteiger partial charge on any atom is -0.491 e. The van der Waals surface area contributed by atoms with Crippen LogP contribution in [0.1, 0.15) is 32.6 Å². The first-order valence-corrected chi connectivity index (χ1v) is 10.4. The van der Waals surface area contributed by atoms with Crippen molar-refractivity contribution >= 4 is 0 Å². The number of fused-ring (bicyclic) bond motifs is 2. The highest BCUT2D eigenvalue weighted by Gasteiger charge is 2.41. The third-order valence-corrected chi connectivity index (χ3v) is 6.51. The van der Waals surface area contributed by atoms with Gasteiger partial charge in [-0.25, -0.2) is 0 Å². The Morgan fingerprint density at radius 2 is 1.74 bits per heavy atom. The van der Waals surface area contributed by atoms with Gasteiger partial charge in [-0.1, -0.05) is 48.9 Å². The molecule has 3 heteroatoms. The lowest BCUT2D eigenvalue weighted by molar-refractivity contribution is 0.0993. The van der Waals surface area contributed by atoms with Crippen LogP contribution < -0.4 is 10.1 Å². The third kappa shape index (κ3) is 4.53. The van der Waals surface area contributed by atoms with Crippen molar-refractivity contribution in [3.63, 3.8) is 0 Å². The first kappa shape index (κ1) is 18.5. The quantitative estimate of drug-likeness (QED) is 0.723. The van der Waals surface area contributed by atoms with Crippen molar-refractivity contribution in [2.75, 3.05) is 13.2 Å². The van der Waals surface area contributed by atoms with E-state index in [0.29, 0.717) is 19.2 Å². The molecule has 0 aliphatic heterocycles. The van der Waals surface area contributed by atoms with Crippen molar-refractivity contribution < 1.29 is 9.84 Å². The average Bonchev–Trinajstić information content (AvgIpc) is 3.35. The summed E-state index contributed by atoms with van der Waals surface area (Å²) in [6.07, 6.45) is 5.17. The summed E-state index contributed by atoms with van der Waals surface area (Å²) >= 11 is 0. The van der Waals surface area contributed by atoms with E-state index in [9.17, 15) is 5.11 Å². The molecule has 2 bridgehead atoms. The monoisotopic (exact) mass is 365 g/mol. The Hall–Kier alpha value is -1.84. The summed E-state index contributed by atoms with van der Waals surface area (Å²) in [5.41, 5.74) is 2.37. The van der Waals surface area contributed by atoms with Crippen LogP contribution in [0.15, 0.2) is 54.6 Å². The molecule has 2 fully saturated rings. The van der Waals surface area contributed by atoms with Crippen LogP contribution in [0, 0.1) is 17.8 Å². The van der Waals surface area contributed by atoms with Crippen molar-refractivity contribution in [3.8, 4) is 16.9 Å². The molecule has 0 amide bonds. The van der Waals surface area contributed by atoms with Crippen molar-refractivity contribution in [2.24, 2.45) is 17.8 Å². The van der Waals surface area contributed by atoms with E-state index in [2.05, 4.69) is 36.5 Å². The van der Waals surface area contributed by atoms with Gasteiger partial charge in [0.15, 0.2) is 0 Å². The predicted octanol–water partition coefficient (Wildman–Crippen LogP) is 4.51. The zero-order valence-electron chi connectivity index (χ0n) is 16.2. The Balaban J connectivity index is 1.20. The minimum atomic E-state index is -0.486. The summed E-state index contributed by atoms with van der Waals surface area (Å²) in [5, 5.41) is 13.8. The van der Waals surface area contributed by atoms with E-state index in [4.69, 9.17) is 4.74 Å². The fraction of sp³-hybridized carbons (Fsp3) is 0.500. The molecular formula is C24H31NO2. The average molecular weight is 366 g/mol. The van der Waals surface area contributed by atoms with Gasteiger partial charge in [-0.15, -0.1) is 0 Å². The number of rotatable bonds is 8. The van der Waals surface area contributed by atoms with Crippen LogP contribution in [0.2, 0.25) is 0 Å². The molecule has 2 saturated carbocycles. The molecule has 27 heavy (non-hydrogen) atoms. The second-order valence-corrected chi connectivity index (χ2v) is 8.39. The number of aliphatic hydroxyl groups excluding tert-OH is 1. The minimum absolute atomic E-state index is 0.321. The van der Waals surface area contributed by atoms with E-state index in [0.717, 1.165) is 23.5 Å². The van der Waals surface area contributed by atoms with Crippen LogP contribution in [0.5, 0.6) is 5.75 Å². The highest BCUT2D eigenvalue weighted by molar-refractivity contribution is 5.63. The zero-order valence-corrected chi connectivity index (χ0v) is 16.2. The van der Waals surface area contributed by atoms with Crippen molar-refractivity contribution in [2.45, 2.75) is 44.8 Å². The number of ether oxygens (including phenoxy) is 1. The predicted molar refractivity (Wildman–Crippen MR) is 110 cm³/mol. The summed E-state index contributed by atoms with van der Waals surface area (Å²) in [5.74, 6) is 3.47. The van der Waals surface area contributed by atoms with Gasteiger partial charge in [0.1, 0.15) is 18.5 Å². The lowest BCUT2D eigenvalue weighted by Crippen LogP contribution is -2.41. The summed E-state index contributed by atoms with van der Waals surface area (Å²) in [4.78, 5) is 0. The summed E-state index contributed by atoms with van der Waals surface area (Å²) in [6, 6.07) is 18.9. The normalized spacial score (nSPS) is 26.1. The Morgan fingerprint density at radius 3 is 2.41 bits per heavy atom.